The Kier molecular flexibility index (Phi) is 2.79. The maximum absolute atomic E-state index is 13.1. The fourth-order valence-electron chi connectivity index (χ4n) is 1.78. The van der Waals surface area contributed by atoms with Crippen molar-refractivity contribution >= 4 is 23.1 Å². The lowest BCUT2D eigenvalue weighted by Crippen LogP contribution is -2.35. The fourth-order valence-corrected chi connectivity index (χ4v) is 1.78. The summed E-state index contributed by atoms with van der Waals surface area (Å²) in [6.45, 7) is 1.73. The summed E-state index contributed by atoms with van der Waals surface area (Å²) in [6.07, 6.45) is 0. The van der Waals surface area contributed by atoms with Crippen molar-refractivity contribution in [2.45, 2.75) is 6.92 Å². The first kappa shape index (κ1) is 11.5. The number of hydrogen-bond acceptors (Lipinski definition) is 3. The lowest BCUT2D eigenvalue weighted by Gasteiger charge is -2.28. The number of hydrogen-bond donors (Lipinski definition) is 1. The minimum Gasteiger partial charge on any atom is -0.480 e. The molecule has 17 heavy (non-hydrogen) atoms. The lowest BCUT2D eigenvalue weighted by molar-refractivity contribution is -0.135. The van der Waals surface area contributed by atoms with E-state index in [1.165, 1.54) is 4.90 Å². The average Bonchev–Trinajstić information content (AvgIpc) is 2.20. The number of benzene rings is 1. The molecule has 0 saturated heterocycles. The quantitative estimate of drug-likeness (QED) is 0.859. The predicted molar refractivity (Wildman–Crippen MR) is 59.0 cm³/mol. The van der Waals surface area contributed by atoms with Crippen molar-refractivity contribution in [2.75, 3.05) is 18.0 Å². The van der Waals surface area contributed by atoms with Gasteiger partial charge in [0.25, 0.3) is 0 Å². The number of carboxylic acids is 1. The van der Waals surface area contributed by atoms with Crippen molar-refractivity contribution in [3.63, 3.8) is 0 Å². The Hall–Kier alpha value is -1.98. The number of aliphatic carboxylic acids is 1. The van der Waals surface area contributed by atoms with Gasteiger partial charge in [-0.1, -0.05) is 0 Å². The Labute approximate surface area is 96.2 Å². The molecule has 0 radical (unpaired) electrons. The van der Waals surface area contributed by atoms with Crippen LogP contribution < -0.4 is 4.90 Å². The van der Waals surface area contributed by atoms with Gasteiger partial charge in [-0.25, -0.2) is 8.78 Å². The van der Waals surface area contributed by atoms with E-state index in [0.29, 0.717) is 17.9 Å². The number of carbonyl (C=O) groups is 1. The maximum atomic E-state index is 13.1. The predicted octanol–water partition coefficient (Wildman–Crippen LogP) is 1.96. The van der Waals surface area contributed by atoms with Crippen LogP contribution in [0.25, 0.3) is 0 Å². The van der Waals surface area contributed by atoms with Crippen LogP contribution in [0, 0.1) is 11.6 Å². The maximum Gasteiger partial charge on any atom is 0.323 e. The summed E-state index contributed by atoms with van der Waals surface area (Å²) in [4.78, 5) is 16.2. The first-order chi connectivity index (χ1) is 7.97. The largest absolute Gasteiger partial charge is 0.480 e. The van der Waals surface area contributed by atoms with Crippen molar-refractivity contribution in [3.8, 4) is 0 Å². The van der Waals surface area contributed by atoms with Crippen molar-refractivity contribution in [1.29, 1.82) is 0 Å². The summed E-state index contributed by atoms with van der Waals surface area (Å²) in [5.41, 5.74) is 1.22. The topological polar surface area (TPSA) is 52.9 Å². The van der Waals surface area contributed by atoms with Crippen LogP contribution >= 0.6 is 0 Å². The molecule has 4 nitrogen and oxygen atoms in total. The molecule has 0 saturated carbocycles. The number of halogens is 2. The molecule has 1 aliphatic heterocycles. The molecule has 90 valence electrons. The molecule has 0 bridgehead atoms. The summed E-state index contributed by atoms with van der Waals surface area (Å²) in [7, 11) is 0. The Morgan fingerprint density at radius 3 is 2.76 bits per heavy atom. The SMILES string of the molecule is CC1=Nc2cc(F)c(F)cc2N(CC(=O)O)C1. The molecule has 1 aliphatic rings. The minimum absolute atomic E-state index is 0.258. The van der Waals surface area contributed by atoms with E-state index in [2.05, 4.69) is 4.99 Å². The highest BCUT2D eigenvalue weighted by atomic mass is 19.2. The van der Waals surface area contributed by atoms with Crippen molar-refractivity contribution in [3.05, 3.63) is 23.8 Å². The number of nitrogens with zero attached hydrogens (tertiary/aromatic N) is 2. The second-order valence-corrected chi connectivity index (χ2v) is 3.85. The van der Waals surface area contributed by atoms with Crippen molar-refractivity contribution < 1.29 is 18.7 Å². The minimum atomic E-state index is -1.03. The number of rotatable bonds is 2. The zero-order chi connectivity index (χ0) is 12.6. The summed E-state index contributed by atoms with van der Waals surface area (Å²) >= 11 is 0. The van der Waals surface area contributed by atoms with E-state index in [9.17, 15) is 13.6 Å². The highest BCUT2D eigenvalue weighted by Crippen LogP contribution is 2.33. The highest BCUT2D eigenvalue weighted by molar-refractivity contribution is 5.95. The third kappa shape index (κ3) is 2.25. The van der Waals surface area contributed by atoms with Gasteiger partial charge in [-0.05, 0) is 6.92 Å². The molecule has 0 spiro atoms. The van der Waals surface area contributed by atoms with E-state index in [0.717, 1.165) is 12.1 Å². The van der Waals surface area contributed by atoms with Gasteiger partial charge in [-0.3, -0.25) is 9.79 Å². The number of anilines is 1. The molecular formula is C11H10F2N2O2. The van der Waals surface area contributed by atoms with Crippen molar-refractivity contribution in [2.24, 2.45) is 4.99 Å². The molecule has 1 aromatic rings. The van der Waals surface area contributed by atoms with Crippen LogP contribution in [-0.2, 0) is 4.79 Å². The Bertz CT molecular complexity index is 514. The second kappa shape index (κ2) is 4.12. The first-order valence-electron chi connectivity index (χ1n) is 4.97. The summed E-state index contributed by atoms with van der Waals surface area (Å²) in [5, 5.41) is 8.75. The molecule has 1 N–H and O–H groups in total. The molecule has 2 rings (SSSR count). The van der Waals surface area contributed by atoms with E-state index >= 15 is 0 Å². The monoisotopic (exact) mass is 240 g/mol. The normalized spacial score (nSPS) is 14.3. The van der Waals surface area contributed by atoms with Gasteiger partial charge in [0.1, 0.15) is 6.54 Å². The van der Waals surface area contributed by atoms with E-state index in [4.69, 9.17) is 5.11 Å². The third-order valence-electron chi connectivity index (χ3n) is 2.42. The van der Waals surface area contributed by atoms with E-state index in [-0.39, 0.29) is 12.2 Å². The molecule has 0 aromatic heterocycles. The van der Waals surface area contributed by atoms with Gasteiger partial charge in [-0.15, -0.1) is 0 Å². The molecule has 0 unspecified atom stereocenters. The van der Waals surface area contributed by atoms with Gasteiger partial charge in [0.15, 0.2) is 11.6 Å². The average molecular weight is 240 g/mol. The van der Waals surface area contributed by atoms with Crippen LogP contribution in [0.2, 0.25) is 0 Å². The number of aliphatic imine (C=N–C) groups is 1. The van der Waals surface area contributed by atoms with Crippen LogP contribution in [0.3, 0.4) is 0 Å². The molecule has 0 fully saturated rings. The lowest BCUT2D eigenvalue weighted by atomic mass is 10.1. The highest BCUT2D eigenvalue weighted by Gasteiger charge is 2.21. The zero-order valence-corrected chi connectivity index (χ0v) is 9.07. The van der Waals surface area contributed by atoms with E-state index in [1.54, 1.807) is 6.92 Å². The van der Waals surface area contributed by atoms with Gasteiger partial charge >= 0.3 is 5.97 Å². The first-order valence-corrected chi connectivity index (χ1v) is 4.97. The van der Waals surface area contributed by atoms with Crippen LogP contribution in [0.1, 0.15) is 6.92 Å². The zero-order valence-electron chi connectivity index (χ0n) is 9.07. The molecule has 0 amide bonds. The fraction of sp³-hybridized carbons (Fsp3) is 0.273. The van der Waals surface area contributed by atoms with Crippen molar-refractivity contribution in [1.82, 2.24) is 0 Å². The van der Waals surface area contributed by atoms with E-state index < -0.39 is 17.6 Å². The van der Waals surface area contributed by atoms with Crippen LogP contribution in [0.5, 0.6) is 0 Å². The summed E-state index contributed by atoms with van der Waals surface area (Å²) in [6, 6.07) is 1.95. The third-order valence-corrected chi connectivity index (χ3v) is 2.42. The molecule has 0 aliphatic carbocycles. The molecule has 0 atom stereocenters. The summed E-state index contributed by atoms with van der Waals surface area (Å²) in [5.74, 6) is -3.03. The number of carboxylic acid groups (broad SMARTS) is 1. The second-order valence-electron chi connectivity index (χ2n) is 3.85. The molecule has 6 heteroatoms. The summed E-state index contributed by atoms with van der Waals surface area (Å²) < 4.78 is 26.2. The van der Waals surface area contributed by atoms with Gasteiger partial charge in [0, 0.05) is 17.8 Å². The molecular weight excluding hydrogens is 230 g/mol. The van der Waals surface area contributed by atoms with Gasteiger partial charge < -0.3 is 10.0 Å². The van der Waals surface area contributed by atoms with E-state index in [1.807, 2.05) is 0 Å². The van der Waals surface area contributed by atoms with Gasteiger partial charge in [-0.2, -0.15) is 0 Å². The smallest absolute Gasteiger partial charge is 0.323 e. The Balaban J connectivity index is 2.48. The van der Waals surface area contributed by atoms with Crippen LogP contribution in [-0.4, -0.2) is 29.9 Å². The Morgan fingerprint density at radius 2 is 2.12 bits per heavy atom. The van der Waals surface area contributed by atoms with Crippen LogP contribution in [0.15, 0.2) is 17.1 Å². The molecule has 1 aromatic carbocycles. The number of fused-ring (bicyclic) bond motifs is 1. The molecule has 1 heterocycles. The van der Waals surface area contributed by atoms with Gasteiger partial charge in [0.2, 0.25) is 0 Å². The van der Waals surface area contributed by atoms with Gasteiger partial charge in [0.05, 0.1) is 17.9 Å². The Morgan fingerprint density at radius 1 is 1.47 bits per heavy atom. The standard InChI is InChI=1S/C11H10F2N2O2/c1-6-4-15(5-11(16)17)10-3-8(13)7(12)2-9(10)14-6/h2-3H,4-5H2,1H3,(H,16,17). The van der Waals surface area contributed by atoms with Crippen LogP contribution in [0.4, 0.5) is 20.2 Å².